The van der Waals surface area contributed by atoms with Crippen LogP contribution in [-0.2, 0) is 0 Å². The molecule has 0 spiro atoms. The average molecular weight is 422 g/mol. The number of hydrogen-bond acceptors (Lipinski definition) is 5. The maximum absolute atomic E-state index is 11.5. The van der Waals surface area contributed by atoms with Gasteiger partial charge in [-0.2, -0.15) is 0 Å². The van der Waals surface area contributed by atoms with E-state index in [0.717, 1.165) is 41.7 Å². The molecule has 2 aromatic rings. The molecule has 4 rings (SSSR count). The van der Waals surface area contributed by atoms with Gasteiger partial charge in [-0.3, -0.25) is 4.79 Å². The highest BCUT2D eigenvalue weighted by atomic mass is 16.1. The van der Waals surface area contributed by atoms with E-state index < -0.39 is 5.91 Å². The summed E-state index contributed by atoms with van der Waals surface area (Å²) in [5.74, 6) is 1.59. The normalized spacial score (nSPS) is 20.5. The fourth-order valence-electron chi connectivity index (χ4n) is 5.13. The number of carbonyl (C=O) groups is 1. The van der Waals surface area contributed by atoms with Gasteiger partial charge in [0, 0.05) is 50.4 Å². The van der Waals surface area contributed by atoms with Crippen LogP contribution in [0.25, 0.3) is 11.1 Å². The summed E-state index contributed by atoms with van der Waals surface area (Å²) in [6.07, 6.45) is 11.3. The summed E-state index contributed by atoms with van der Waals surface area (Å²) in [7, 11) is 3.97. The first-order chi connectivity index (χ1) is 15.0. The molecule has 2 N–H and O–H groups in total. The van der Waals surface area contributed by atoms with Gasteiger partial charge in [-0.05, 0) is 55.8 Å². The van der Waals surface area contributed by atoms with E-state index >= 15 is 0 Å². The number of aromatic nitrogens is 2. The molecule has 1 aliphatic heterocycles. The van der Waals surface area contributed by atoms with Crippen molar-refractivity contribution in [3.8, 4) is 11.1 Å². The fourth-order valence-corrected chi connectivity index (χ4v) is 5.13. The summed E-state index contributed by atoms with van der Waals surface area (Å²) >= 11 is 0. The Bertz CT molecular complexity index is 889. The zero-order valence-corrected chi connectivity index (χ0v) is 18.9. The highest BCUT2D eigenvalue weighted by Gasteiger charge is 2.27. The molecule has 1 atom stereocenters. The van der Waals surface area contributed by atoms with Crippen LogP contribution < -0.4 is 10.6 Å². The Balaban J connectivity index is 1.60. The van der Waals surface area contributed by atoms with Gasteiger partial charge in [-0.15, -0.1) is 0 Å². The number of primary amides is 1. The minimum Gasteiger partial charge on any atom is -0.366 e. The molecule has 1 amide bonds. The number of benzene rings is 1. The molecular weight excluding hydrogens is 386 g/mol. The molecule has 6 nitrogen and oxygen atoms in total. The highest BCUT2D eigenvalue weighted by molar-refractivity contribution is 5.93. The standard InChI is InChI=1S/C25H35N5O/c1-29(2)25-27-15-22(19-10-12-20(13-11-19)24(26)31)23(28-25)21-9-6-14-30(17-21)16-18-7-4-3-5-8-18/h10-13,15,18,21H,3-9,14,16-17H2,1-2H3,(H2,26,31). The van der Waals surface area contributed by atoms with Crippen LogP contribution >= 0.6 is 0 Å². The van der Waals surface area contributed by atoms with Crippen LogP contribution in [0.5, 0.6) is 0 Å². The first kappa shape index (κ1) is 21.8. The number of likely N-dealkylation sites (tertiary alicyclic amines) is 1. The number of hydrogen-bond donors (Lipinski definition) is 1. The molecule has 1 unspecified atom stereocenters. The van der Waals surface area contributed by atoms with Crippen LogP contribution in [0.1, 0.15) is 66.9 Å². The third-order valence-electron chi connectivity index (χ3n) is 6.82. The second-order valence-electron chi connectivity index (χ2n) is 9.41. The molecule has 2 aliphatic rings. The second-order valence-corrected chi connectivity index (χ2v) is 9.41. The largest absolute Gasteiger partial charge is 0.366 e. The number of nitrogens with zero attached hydrogens (tertiary/aromatic N) is 4. The van der Waals surface area contributed by atoms with Crippen molar-refractivity contribution >= 4 is 11.9 Å². The molecule has 2 fully saturated rings. The Kier molecular flexibility index (Phi) is 6.86. The highest BCUT2D eigenvalue weighted by Crippen LogP contribution is 2.35. The number of amides is 1. The van der Waals surface area contributed by atoms with E-state index in [0.29, 0.717) is 11.5 Å². The quantitative estimate of drug-likeness (QED) is 0.761. The van der Waals surface area contributed by atoms with E-state index in [1.54, 1.807) is 12.1 Å². The van der Waals surface area contributed by atoms with Crippen molar-refractivity contribution in [1.82, 2.24) is 14.9 Å². The Morgan fingerprint density at radius 2 is 1.84 bits per heavy atom. The Morgan fingerprint density at radius 3 is 2.52 bits per heavy atom. The third-order valence-corrected chi connectivity index (χ3v) is 6.82. The van der Waals surface area contributed by atoms with E-state index in [2.05, 4.69) is 9.88 Å². The molecule has 0 radical (unpaired) electrons. The Hall–Kier alpha value is -2.47. The van der Waals surface area contributed by atoms with E-state index in [9.17, 15) is 4.79 Å². The summed E-state index contributed by atoms with van der Waals surface area (Å²) in [6.45, 7) is 3.48. The van der Waals surface area contributed by atoms with Crippen LogP contribution in [0.3, 0.4) is 0 Å². The lowest BCUT2D eigenvalue weighted by atomic mass is 9.86. The summed E-state index contributed by atoms with van der Waals surface area (Å²) < 4.78 is 0. The van der Waals surface area contributed by atoms with Crippen LogP contribution in [-0.4, -0.2) is 54.5 Å². The predicted molar refractivity (Wildman–Crippen MR) is 125 cm³/mol. The van der Waals surface area contributed by atoms with Crippen LogP contribution in [0.4, 0.5) is 5.95 Å². The van der Waals surface area contributed by atoms with Gasteiger partial charge < -0.3 is 15.5 Å². The molecule has 1 saturated carbocycles. The van der Waals surface area contributed by atoms with E-state index in [-0.39, 0.29) is 0 Å². The molecule has 1 aliphatic carbocycles. The molecule has 166 valence electrons. The van der Waals surface area contributed by atoms with Crippen molar-refractivity contribution in [2.75, 3.05) is 38.6 Å². The minimum atomic E-state index is -0.406. The van der Waals surface area contributed by atoms with Crippen LogP contribution in [0, 0.1) is 5.92 Å². The second kappa shape index (κ2) is 9.77. The molecule has 6 heteroatoms. The number of piperidine rings is 1. The third kappa shape index (κ3) is 5.24. The van der Waals surface area contributed by atoms with Gasteiger partial charge in [0.05, 0.1) is 5.69 Å². The zero-order chi connectivity index (χ0) is 21.8. The molecule has 31 heavy (non-hydrogen) atoms. The van der Waals surface area contributed by atoms with Gasteiger partial charge >= 0.3 is 0 Å². The predicted octanol–water partition coefficient (Wildman–Crippen LogP) is 4.07. The van der Waals surface area contributed by atoms with E-state index in [4.69, 9.17) is 10.7 Å². The first-order valence-electron chi connectivity index (χ1n) is 11.7. The summed E-state index contributed by atoms with van der Waals surface area (Å²) in [5, 5.41) is 0. The van der Waals surface area contributed by atoms with Gasteiger partial charge in [0.1, 0.15) is 0 Å². The van der Waals surface area contributed by atoms with Gasteiger partial charge in [-0.25, -0.2) is 9.97 Å². The molecular formula is C25H35N5O. The lowest BCUT2D eigenvalue weighted by Crippen LogP contribution is -2.38. The van der Waals surface area contributed by atoms with Crippen molar-refractivity contribution in [3.63, 3.8) is 0 Å². The van der Waals surface area contributed by atoms with Crippen LogP contribution in [0.2, 0.25) is 0 Å². The topological polar surface area (TPSA) is 75.4 Å². The number of carbonyl (C=O) groups excluding carboxylic acids is 1. The summed E-state index contributed by atoms with van der Waals surface area (Å²) in [4.78, 5) is 25.7. The number of nitrogens with two attached hydrogens (primary N) is 1. The SMILES string of the molecule is CN(C)c1ncc(-c2ccc(C(N)=O)cc2)c(C2CCCN(CC3CCCCC3)C2)n1. The summed E-state index contributed by atoms with van der Waals surface area (Å²) in [6, 6.07) is 7.50. The average Bonchev–Trinajstić information content (AvgIpc) is 2.79. The van der Waals surface area contributed by atoms with Gasteiger partial charge in [0.15, 0.2) is 0 Å². The van der Waals surface area contributed by atoms with Crippen molar-refractivity contribution < 1.29 is 4.79 Å². The van der Waals surface area contributed by atoms with Gasteiger partial charge in [-0.1, -0.05) is 31.4 Å². The lowest BCUT2D eigenvalue weighted by Gasteiger charge is -2.36. The fraction of sp³-hybridized carbons (Fsp3) is 0.560. The monoisotopic (exact) mass is 421 g/mol. The smallest absolute Gasteiger partial charge is 0.248 e. The minimum absolute atomic E-state index is 0.393. The maximum Gasteiger partial charge on any atom is 0.248 e. The van der Waals surface area contributed by atoms with E-state index in [1.807, 2.05) is 37.3 Å². The molecule has 1 aromatic heterocycles. The number of anilines is 1. The zero-order valence-electron chi connectivity index (χ0n) is 18.9. The van der Waals surface area contributed by atoms with Gasteiger partial charge in [0.25, 0.3) is 0 Å². The van der Waals surface area contributed by atoms with Crippen LogP contribution in [0.15, 0.2) is 30.5 Å². The molecule has 2 heterocycles. The van der Waals surface area contributed by atoms with Crippen molar-refractivity contribution in [1.29, 1.82) is 0 Å². The molecule has 1 aromatic carbocycles. The summed E-state index contributed by atoms with van der Waals surface area (Å²) in [5.41, 5.74) is 9.16. The maximum atomic E-state index is 11.5. The Morgan fingerprint density at radius 1 is 1.10 bits per heavy atom. The van der Waals surface area contributed by atoms with Crippen molar-refractivity contribution in [3.05, 3.63) is 41.7 Å². The van der Waals surface area contributed by atoms with Gasteiger partial charge in [0.2, 0.25) is 11.9 Å². The number of rotatable bonds is 6. The Labute approximate surface area is 185 Å². The lowest BCUT2D eigenvalue weighted by molar-refractivity contribution is 0.100. The molecule has 0 bridgehead atoms. The van der Waals surface area contributed by atoms with Crippen molar-refractivity contribution in [2.45, 2.75) is 50.9 Å². The van der Waals surface area contributed by atoms with Crippen molar-refractivity contribution in [2.24, 2.45) is 11.7 Å². The first-order valence-corrected chi connectivity index (χ1v) is 11.7. The molecule has 1 saturated heterocycles. The van der Waals surface area contributed by atoms with E-state index in [1.165, 1.54) is 51.6 Å².